The maximum absolute atomic E-state index is 12.1. The number of carbonyl (C=O) groups excluding carboxylic acids is 1. The molecule has 0 aliphatic heterocycles. The van der Waals surface area contributed by atoms with Crippen LogP contribution in [0.3, 0.4) is 0 Å². The molecule has 0 unspecified atom stereocenters. The minimum atomic E-state index is -0.600. The molecule has 1 amide bonds. The molecule has 0 fully saturated rings. The second-order valence-electron chi connectivity index (χ2n) is 5.93. The summed E-state index contributed by atoms with van der Waals surface area (Å²) >= 11 is 0. The highest BCUT2D eigenvalue weighted by Gasteiger charge is 2.14. The van der Waals surface area contributed by atoms with Crippen LogP contribution >= 0.6 is 0 Å². The summed E-state index contributed by atoms with van der Waals surface area (Å²) in [5.41, 5.74) is -0.625. The molecule has 26 heavy (non-hydrogen) atoms. The van der Waals surface area contributed by atoms with Crippen molar-refractivity contribution in [2.75, 3.05) is 13.2 Å². The average molecular weight is 352 g/mol. The van der Waals surface area contributed by atoms with Gasteiger partial charge < -0.3 is 19.7 Å². The van der Waals surface area contributed by atoms with E-state index in [9.17, 15) is 14.7 Å². The maximum atomic E-state index is 12.1. The fourth-order valence-corrected chi connectivity index (χ4v) is 2.67. The van der Waals surface area contributed by atoms with E-state index in [2.05, 4.69) is 5.32 Å². The van der Waals surface area contributed by atoms with E-state index in [-0.39, 0.29) is 5.56 Å². The van der Waals surface area contributed by atoms with Crippen LogP contribution in [0.15, 0.2) is 59.5 Å². The molecule has 0 saturated heterocycles. The lowest BCUT2D eigenvalue weighted by Crippen LogP contribution is -2.28. The van der Waals surface area contributed by atoms with E-state index < -0.39 is 17.2 Å². The number of nitrogens with zero attached hydrogens (tertiary/aromatic N) is 1. The van der Waals surface area contributed by atoms with Gasteiger partial charge in [0.05, 0.1) is 12.2 Å². The molecule has 3 aromatic rings. The zero-order valence-electron chi connectivity index (χ0n) is 14.4. The normalized spacial score (nSPS) is 10.7. The summed E-state index contributed by atoms with van der Waals surface area (Å²) in [7, 11) is 1.51. The predicted molar refractivity (Wildman–Crippen MR) is 99.7 cm³/mol. The SMILES string of the molecule is Cn1ccc(C(=O)NCCCOc2cccc3ccccc23)c(O)c1=O. The Morgan fingerprint density at radius 1 is 1.15 bits per heavy atom. The van der Waals surface area contributed by atoms with Gasteiger partial charge in [-0.2, -0.15) is 0 Å². The molecule has 2 N–H and O–H groups in total. The molecule has 3 rings (SSSR count). The van der Waals surface area contributed by atoms with Gasteiger partial charge in [0.1, 0.15) is 5.75 Å². The van der Waals surface area contributed by atoms with Gasteiger partial charge in [0.25, 0.3) is 11.5 Å². The lowest BCUT2D eigenvalue weighted by Gasteiger charge is -2.10. The van der Waals surface area contributed by atoms with Gasteiger partial charge in [-0.3, -0.25) is 9.59 Å². The molecular weight excluding hydrogens is 332 g/mol. The summed E-state index contributed by atoms with van der Waals surface area (Å²) in [6.07, 6.45) is 2.04. The first kappa shape index (κ1) is 17.5. The average Bonchev–Trinajstić information content (AvgIpc) is 2.66. The predicted octanol–water partition coefficient (Wildman–Crippen LogP) is 2.44. The number of carbonyl (C=O) groups is 1. The maximum Gasteiger partial charge on any atom is 0.293 e. The Balaban J connectivity index is 1.52. The Morgan fingerprint density at radius 2 is 1.92 bits per heavy atom. The van der Waals surface area contributed by atoms with Gasteiger partial charge in [-0.05, 0) is 23.9 Å². The van der Waals surface area contributed by atoms with Crippen LogP contribution in [0.5, 0.6) is 11.5 Å². The van der Waals surface area contributed by atoms with Crippen LogP contribution in [-0.2, 0) is 7.05 Å². The number of rotatable bonds is 6. The lowest BCUT2D eigenvalue weighted by molar-refractivity contribution is 0.0948. The minimum absolute atomic E-state index is 0.0249. The monoisotopic (exact) mass is 352 g/mol. The molecular formula is C20H20N2O4. The molecule has 0 aliphatic carbocycles. The van der Waals surface area contributed by atoms with Crippen molar-refractivity contribution in [1.82, 2.24) is 9.88 Å². The van der Waals surface area contributed by atoms with Crippen molar-refractivity contribution in [3.8, 4) is 11.5 Å². The second-order valence-corrected chi connectivity index (χ2v) is 5.93. The molecule has 1 aromatic heterocycles. The molecule has 0 aliphatic rings. The largest absolute Gasteiger partial charge is 0.502 e. The van der Waals surface area contributed by atoms with Crippen molar-refractivity contribution in [3.63, 3.8) is 0 Å². The van der Waals surface area contributed by atoms with E-state index in [0.29, 0.717) is 19.6 Å². The Morgan fingerprint density at radius 3 is 2.77 bits per heavy atom. The highest BCUT2D eigenvalue weighted by atomic mass is 16.5. The molecule has 6 nitrogen and oxygen atoms in total. The van der Waals surface area contributed by atoms with Crippen molar-refractivity contribution < 1.29 is 14.6 Å². The summed E-state index contributed by atoms with van der Waals surface area (Å²) in [6.45, 7) is 0.815. The molecule has 6 heteroatoms. The van der Waals surface area contributed by atoms with Gasteiger partial charge in [-0.15, -0.1) is 0 Å². The molecule has 0 spiro atoms. The summed E-state index contributed by atoms with van der Waals surface area (Å²) in [6, 6.07) is 15.3. The van der Waals surface area contributed by atoms with E-state index in [1.54, 1.807) is 0 Å². The van der Waals surface area contributed by atoms with Gasteiger partial charge in [-0.1, -0.05) is 36.4 Å². The van der Waals surface area contributed by atoms with Gasteiger partial charge >= 0.3 is 0 Å². The van der Waals surface area contributed by atoms with Crippen molar-refractivity contribution in [1.29, 1.82) is 0 Å². The lowest BCUT2D eigenvalue weighted by atomic mass is 10.1. The number of nitrogens with one attached hydrogen (secondary N) is 1. The number of hydrogen-bond acceptors (Lipinski definition) is 4. The fourth-order valence-electron chi connectivity index (χ4n) is 2.67. The first-order chi connectivity index (χ1) is 12.6. The summed E-state index contributed by atoms with van der Waals surface area (Å²) in [5, 5.41) is 14.6. The highest BCUT2D eigenvalue weighted by Crippen LogP contribution is 2.25. The van der Waals surface area contributed by atoms with Gasteiger partial charge in [0.15, 0.2) is 5.75 Å². The molecule has 134 valence electrons. The number of aryl methyl sites for hydroxylation is 1. The van der Waals surface area contributed by atoms with E-state index in [0.717, 1.165) is 16.5 Å². The zero-order valence-corrected chi connectivity index (χ0v) is 14.4. The van der Waals surface area contributed by atoms with Crippen LogP contribution in [0.2, 0.25) is 0 Å². The van der Waals surface area contributed by atoms with Gasteiger partial charge in [0.2, 0.25) is 0 Å². The summed E-state index contributed by atoms with van der Waals surface area (Å²) in [5.74, 6) is -0.219. The number of fused-ring (bicyclic) bond motifs is 1. The van der Waals surface area contributed by atoms with E-state index in [1.807, 2.05) is 42.5 Å². The third kappa shape index (κ3) is 3.69. The van der Waals surface area contributed by atoms with E-state index >= 15 is 0 Å². The number of aromatic hydroxyl groups is 1. The fraction of sp³-hybridized carbons (Fsp3) is 0.200. The smallest absolute Gasteiger partial charge is 0.293 e. The highest BCUT2D eigenvalue weighted by molar-refractivity contribution is 5.96. The Bertz CT molecular complexity index is 989. The third-order valence-electron chi connectivity index (χ3n) is 4.10. The molecule has 1 heterocycles. The molecule has 2 aromatic carbocycles. The number of aromatic nitrogens is 1. The van der Waals surface area contributed by atoms with Gasteiger partial charge in [-0.25, -0.2) is 0 Å². The van der Waals surface area contributed by atoms with Crippen molar-refractivity contribution in [2.24, 2.45) is 7.05 Å². The topological polar surface area (TPSA) is 80.6 Å². The van der Waals surface area contributed by atoms with E-state index in [4.69, 9.17) is 4.74 Å². The number of ether oxygens (including phenoxy) is 1. The van der Waals surface area contributed by atoms with Crippen LogP contribution in [0.4, 0.5) is 0 Å². The molecule has 0 bridgehead atoms. The van der Waals surface area contributed by atoms with Crippen LogP contribution in [-0.4, -0.2) is 28.7 Å². The van der Waals surface area contributed by atoms with Crippen LogP contribution in [0.1, 0.15) is 16.8 Å². The number of benzene rings is 2. The van der Waals surface area contributed by atoms with Gasteiger partial charge in [0, 0.05) is 25.2 Å². The number of hydrogen-bond donors (Lipinski definition) is 2. The minimum Gasteiger partial charge on any atom is -0.502 e. The van der Waals surface area contributed by atoms with Crippen molar-refractivity contribution in [2.45, 2.75) is 6.42 Å². The van der Waals surface area contributed by atoms with Crippen LogP contribution < -0.4 is 15.6 Å². The molecule has 0 atom stereocenters. The quantitative estimate of drug-likeness (QED) is 0.668. The molecule has 0 radical (unpaired) electrons. The summed E-state index contributed by atoms with van der Waals surface area (Å²) in [4.78, 5) is 23.7. The number of amides is 1. The van der Waals surface area contributed by atoms with E-state index in [1.165, 1.54) is 23.9 Å². The second kappa shape index (κ2) is 7.74. The Kier molecular flexibility index (Phi) is 5.22. The standard InChI is InChI=1S/C20H20N2O4/c1-22-12-10-16(18(23)20(22)25)19(24)21-11-5-13-26-17-9-4-7-14-6-2-3-8-15(14)17/h2-4,6-10,12,23H,5,11,13H2,1H3,(H,21,24). The first-order valence-electron chi connectivity index (χ1n) is 8.35. The van der Waals surface area contributed by atoms with Crippen LogP contribution in [0, 0.1) is 0 Å². The summed E-state index contributed by atoms with van der Waals surface area (Å²) < 4.78 is 7.02. The Hall–Kier alpha value is -3.28. The number of pyridine rings is 1. The Labute approximate surface area is 150 Å². The van der Waals surface area contributed by atoms with Crippen molar-refractivity contribution in [3.05, 3.63) is 70.6 Å². The third-order valence-corrected chi connectivity index (χ3v) is 4.10. The molecule has 0 saturated carbocycles. The first-order valence-corrected chi connectivity index (χ1v) is 8.35. The van der Waals surface area contributed by atoms with Crippen LogP contribution in [0.25, 0.3) is 10.8 Å². The van der Waals surface area contributed by atoms with Crippen molar-refractivity contribution >= 4 is 16.7 Å². The zero-order chi connectivity index (χ0) is 18.5.